The molecule has 0 bridgehead atoms. The summed E-state index contributed by atoms with van der Waals surface area (Å²) in [6.07, 6.45) is 6.49. The Bertz CT molecular complexity index is 409. The molecule has 1 aromatic rings. The molecule has 1 saturated carbocycles. The van der Waals surface area contributed by atoms with Crippen molar-refractivity contribution in [2.75, 3.05) is 18.0 Å². The molecular weight excluding hydrogens is 244 g/mol. The van der Waals surface area contributed by atoms with Crippen LogP contribution >= 0.6 is 11.3 Å². The van der Waals surface area contributed by atoms with E-state index >= 15 is 0 Å². The molecule has 0 spiro atoms. The third kappa shape index (κ3) is 2.99. The molecule has 1 heterocycles. The Hall–Kier alpha value is -1.15. The lowest BCUT2D eigenvalue weighted by molar-refractivity contribution is -0.729. The monoisotopic (exact) mass is 265 g/mol. The molecule has 1 aromatic heterocycles. The topological polar surface area (TPSA) is 24.4 Å². The van der Waals surface area contributed by atoms with Gasteiger partial charge in [-0.15, -0.1) is 0 Å². The Morgan fingerprint density at radius 3 is 2.72 bits per heavy atom. The second-order valence-electron chi connectivity index (χ2n) is 4.89. The first-order valence-corrected chi connectivity index (χ1v) is 7.47. The smallest absolute Gasteiger partial charge is 0.263 e. The number of aromatic nitrogens is 2. The summed E-state index contributed by atoms with van der Waals surface area (Å²) in [4.78, 5) is 5.87. The van der Waals surface area contributed by atoms with Gasteiger partial charge in [0.2, 0.25) is 6.54 Å². The maximum absolute atomic E-state index is 7.00. The summed E-state index contributed by atoms with van der Waals surface area (Å²) in [6.45, 7) is 10.5. The van der Waals surface area contributed by atoms with E-state index in [9.17, 15) is 0 Å². The minimum atomic E-state index is 0.568. The molecular formula is C13H21N4S+. The average Bonchev–Trinajstić information content (AvgIpc) is 2.71. The fourth-order valence-corrected chi connectivity index (χ4v) is 3.48. The van der Waals surface area contributed by atoms with Gasteiger partial charge in [-0.05, 0) is 24.2 Å². The largest absolute Gasteiger partial charge is 0.333 e. The van der Waals surface area contributed by atoms with Gasteiger partial charge in [0.05, 0.1) is 6.54 Å². The lowest BCUT2D eigenvalue weighted by atomic mass is 9.94. The first kappa shape index (κ1) is 13.3. The van der Waals surface area contributed by atoms with Crippen LogP contribution in [0.1, 0.15) is 37.1 Å². The summed E-state index contributed by atoms with van der Waals surface area (Å²) in [5.41, 5.74) is 0. The van der Waals surface area contributed by atoms with Gasteiger partial charge in [0, 0.05) is 18.1 Å². The molecule has 0 saturated heterocycles. The lowest BCUT2D eigenvalue weighted by Gasteiger charge is -2.31. The van der Waals surface area contributed by atoms with Crippen LogP contribution in [0, 0.1) is 13.5 Å². The molecule has 0 aromatic carbocycles. The van der Waals surface area contributed by atoms with E-state index in [0.29, 0.717) is 12.6 Å². The molecule has 4 nitrogen and oxygen atoms in total. The van der Waals surface area contributed by atoms with E-state index in [4.69, 9.17) is 6.57 Å². The predicted octanol–water partition coefficient (Wildman–Crippen LogP) is 2.33. The molecule has 1 aliphatic rings. The van der Waals surface area contributed by atoms with Crippen molar-refractivity contribution in [2.24, 2.45) is 7.05 Å². The van der Waals surface area contributed by atoms with Crippen LogP contribution in [0.3, 0.4) is 0 Å². The van der Waals surface area contributed by atoms with Gasteiger partial charge in [0.15, 0.2) is 7.05 Å². The van der Waals surface area contributed by atoms with E-state index in [1.54, 1.807) is 11.3 Å². The molecule has 5 heteroatoms. The molecule has 0 N–H and O–H groups in total. The van der Waals surface area contributed by atoms with Gasteiger partial charge in [-0.2, -0.15) is 0 Å². The van der Waals surface area contributed by atoms with E-state index in [0.717, 1.165) is 11.7 Å². The van der Waals surface area contributed by atoms with Crippen molar-refractivity contribution in [3.05, 3.63) is 16.4 Å². The van der Waals surface area contributed by atoms with Crippen molar-refractivity contribution in [3.63, 3.8) is 0 Å². The van der Waals surface area contributed by atoms with Crippen LogP contribution in [-0.4, -0.2) is 24.2 Å². The van der Waals surface area contributed by atoms with Crippen molar-refractivity contribution in [1.82, 2.24) is 5.10 Å². The summed E-state index contributed by atoms with van der Waals surface area (Å²) in [5.74, 6) is 0. The Morgan fingerprint density at radius 2 is 2.17 bits per heavy atom. The third-order valence-electron chi connectivity index (χ3n) is 3.64. The van der Waals surface area contributed by atoms with Crippen molar-refractivity contribution in [2.45, 2.75) is 45.1 Å². The molecule has 1 fully saturated rings. The van der Waals surface area contributed by atoms with Gasteiger partial charge < -0.3 is 9.74 Å². The van der Waals surface area contributed by atoms with Gasteiger partial charge in [0.25, 0.3) is 10.1 Å². The third-order valence-corrected chi connectivity index (χ3v) is 4.70. The normalized spacial score (nSPS) is 16.5. The summed E-state index contributed by atoms with van der Waals surface area (Å²) in [6, 6.07) is 0.589. The molecule has 0 unspecified atom stereocenters. The number of hydrogen-bond donors (Lipinski definition) is 0. The van der Waals surface area contributed by atoms with E-state index in [1.165, 1.54) is 37.1 Å². The van der Waals surface area contributed by atoms with Gasteiger partial charge in [-0.1, -0.05) is 23.9 Å². The Morgan fingerprint density at radius 1 is 1.44 bits per heavy atom. The number of aryl methyl sites for hydroxylation is 2. The van der Waals surface area contributed by atoms with Crippen LogP contribution in [-0.2, 0) is 7.05 Å². The summed E-state index contributed by atoms with van der Waals surface area (Å²) < 4.78 is 1.94. The van der Waals surface area contributed by atoms with Crippen LogP contribution in [0.25, 0.3) is 4.85 Å². The molecule has 0 atom stereocenters. The zero-order valence-electron chi connectivity index (χ0n) is 11.2. The molecule has 2 rings (SSSR count). The van der Waals surface area contributed by atoms with E-state index < -0.39 is 0 Å². The van der Waals surface area contributed by atoms with Crippen LogP contribution in [0.2, 0.25) is 0 Å². The molecule has 0 radical (unpaired) electrons. The number of nitrogens with zero attached hydrogens (tertiary/aromatic N) is 4. The Kier molecular flexibility index (Phi) is 4.54. The molecule has 18 heavy (non-hydrogen) atoms. The Labute approximate surface area is 113 Å². The van der Waals surface area contributed by atoms with Crippen molar-refractivity contribution in [1.29, 1.82) is 0 Å². The standard InChI is InChI=1S/C13H21N4S/c1-11-16(3)15-13(18-11)17(10-9-14-2)12-7-5-4-6-8-12/h12H,4-10H2,1,3H3/q+1. The number of anilines is 1. The minimum absolute atomic E-state index is 0.568. The van der Waals surface area contributed by atoms with E-state index in [1.807, 2.05) is 11.7 Å². The summed E-state index contributed by atoms with van der Waals surface area (Å²) in [7, 11) is 1.99. The second kappa shape index (κ2) is 6.14. The minimum Gasteiger partial charge on any atom is -0.333 e. The lowest BCUT2D eigenvalue weighted by Crippen LogP contribution is -2.40. The van der Waals surface area contributed by atoms with Crippen LogP contribution in [0.15, 0.2) is 0 Å². The van der Waals surface area contributed by atoms with Crippen LogP contribution < -0.4 is 9.58 Å². The quantitative estimate of drug-likeness (QED) is 0.616. The fourth-order valence-electron chi connectivity index (χ4n) is 2.52. The molecule has 0 amide bonds. The predicted molar refractivity (Wildman–Crippen MR) is 73.7 cm³/mol. The molecule has 0 aliphatic heterocycles. The van der Waals surface area contributed by atoms with E-state index in [2.05, 4.69) is 21.8 Å². The first-order valence-electron chi connectivity index (χ1n) is 6.66. The van der Waals surface area contributed by atoms with Gasteiger partial charge in [-0.25, -0.2) is 6.57 Å². The highest BCUT2D eigenvalue weighted by molar-refractivity contribution is 7.14. The zero-order valence-corrected chi connectivity index (χ0v) is 12.0. The van der Waals surface area contributed by atoms with Gasteiger partial charge >= 0.3 is 0 Å². The maximum atomic E-state index is 7.00. The van der Waals surface area contributed by atoms with Crippen molar-refractivity contribution >= 4 is 16.5 Å². The van der Waals surface area contributed by atoms with Crippen LogP contribution in [0.5, 0.6) is 0 Å². The molecule has 1 aliphatic carbocycles. The van der Waals surface area contributed by atoms with Gasteiger partial charge in [0.1, 0.15) is 0 Å². The fraction of sp³-hybridized carbons (Fsp3) is 0.769. The first-order chi connectivity index (χ1) is 8.72. The maximum Gasteiger partial charge on any atom is 0.263 e. The van der Waals surface area contributed by atoms with Gasteiger partial charge in [-0.3, -0.25) is 0 Å². The highest BCUT2D eigenvalue weighted by Gasteiger charge is 2.27. The second-order valence-corrected chi connectivity index (χ2v) is 6.05. The zero-order chi connectivity index (χ0) is 13.0. The van der Waals surface area contributed by atoms with Crippen molar-refractivity contribution in [3.8, 4) is 0 Å². The highest BCUT2D eigenvalue weighted by atomic mass is 32.1. The highest BCUT2D eigenvalue weighted by Crippen LogP contribution is 2.28. The van der Waals surface area contributed by atoms with E-state index in [-0.39, 0.29) is 0 Å². The number of rotatable bonds is 4. The summed E-state index contributed by atoms with van der Waals surface area (Å²) >= 11 is 1.74. The number of hydrogen-bond acceptors (Lipinski definition) is 3. The van der Waals surface area contributed by atoms with Crippen molar-refractivity contribution < 1.29 is 4.68 Å². The average molecular weight is 265 g/mol. The molecule has 98 valence electrons. The SMILES string of the molecule is [C-]#[N+]CCN(c1n[n+](C)c(C)s1)C1CCCCC1. The van der Waals surface area contributed by atoms with Crippen LogP contribution in [0.4, 0.5) is 5.13 Å². The summed E-state index contributed by atoms with van der Waals surface area (Å²) in [5, 5.41) is 6.90. The Balaban J connectivity index is 2.15.